The zero-order chi connectivity index (χ0) is 23.0. The highest BCUT2D eigenvalue weighted by atomic mass is 16.4. The van der Waals surface area contributed by atoms with Crippen molar-refractivity contribution in [3.63, 3.8) is 0 Å². The van der Waals surface area contributed by atoms with Gasteiger partial charge in [-0.05, 0) is 69.1 Å². The predicted octanol–water partition coefficient (Wildman–Crippen LogP) is 7.75. The summed E-state index contributed by atoms with van der Waals surface area (Å²) in [5, 5.41) is 9.62. The van der Waals surface area contributed by atoms with E-state index in [4.69, 9.17) is 9.52 Å². The molecule has 2 rings (SSSR count). The number of unbranched alkanes of at least 4 members (excludes halogenated alkanes) is 11. The average Bonchev–Trinajstić information content (AvgIpc) is 2.75. The van der Waals surface area contributed by atoms with Crippen molar-refractivity contribution in [1.82, 2.24) is 0 Å². The minimum atomic E-state index is -0.679. The first-order valence-electron chi connectivity index (χ1n) is 12.5. The van der Waals surface area contributed by atoms with Gasteiger partial charge in [-0.3, -0.25) is 4.79 Å². The number of allylic oxidation sites excluding steroid dienone is 2. The summed E-state index contributed by atoms with van der Waals surface area (Å²) in [6.07, 6.45) is 21.3. The molecule has 0 spiro atoms. The van der Waals surface area contributed by atoms with Crippen LogP contribution in [0.5, 0.6) is 0 Å². The highest BCUT2D eigenvalue weighted by molar-refractivity contribution is 5.80. The number of rotatable bonds is 17. The third-order valence-corrected chi connectivity index (χ3v) is 6.03. The molecule has 4 nitrogen and oxygen atoms in total. The van der Waals surface area contributed by atoms with Gasteiger partial charge in [0.15, 0.2) is 0 Å². The first-order valence-corrected chi connectivity index (χ1v) is 12.5. The Kier molecular flexibility index (Phi) is 12.5. The number of hydrogen-bond acceptors (Lipinski definition) is 3. The minimum absolute atomic E-state index is 0.271. The summed E-state index contributed by atoms with van der Waals surface area (Å²) in [5.74, 6) is -0.679. The first-order chi connectivity index (χ1) is 15.6. The fourth-order valence-corrected chi connectivity index (χ4v) is 4.13. The van der Waals surface area contributed by atoms with Gasteiger partial charge in [0.1, 0.15) is 5.58 Å². The summed E-state index contributed by atoms with van der Waals surface area (Å²) in [6, 6.07) is 7.79. The van der Waals surface area contributed by atoms with E-state index in [1.165, 1.54) is 63.4 Å². The summed E-state index contributed by atoms with van der Waals surface area (Å²) in [7, 11) is 0. The zero-order valence-corrected chi connectivity index (χ0v) is 19.7. The summed E-state index contributed by atoms with van der Waals surface area (Å²) >= 11 is 0. The Morgan fingerprint density at radius 2 is 1.44 bits per heavy atom. The second-order valence-electron chi connectivity index (χ2n) is 8.91. The van der Waals surface area contributed by atoms with E-state index >= 15 is 0 Å². The molecular formula is C28H40O4. The largest absolute Gasteiger partial charge is 0.481 e. The van der Waals surface area contributed by atoms with E-state index in [0.717, 1.165) is 43.1 Å². The van der Waals surface area contributed by atoms with E-state index in [9.17, 15) is 9.59 Å². The number of benzene rings is 1. The molecule has 0 unspecified atom stereocenters. The fourth-order valence-electron chi connectivity index (χ4n) is 4.13. The van der Waals surface area contributed by atoms with E-state index in [2.05, 4.69) is 24.3 Å². The van der Waals surface area contributed by atoms with Gasteiger partial charge >= 0.3 is 11.6 Å². The first kappa shape index (κ1) is 25.9. The van der Waals surface area contributed by atoms with Gasteiger partial charge in [-0.15, -0.1) is 0 Å². The van der Waals surface area contributed by atoms with Crippen LogP contribution in [-0.2, 0) is 11.2 Å². The lowest BCUT2D eigenvalue weighted by Crippen LogP contribution is -1.98. The summed E-state index contributed by atoms with van der Waals surface area (Å²) < 4.78 is 5.34. The third kappa shape index (κ3) is 10.8. The normalized spacial score (nSPS) is 11.5. The molecule has 2 aromatic rings. The van der Waals surface area contributed by atoms with Crippen LogP contribution in [0.15, 0.2) is 45.6 Å². The molecule has 1 aromatic heterocycles. The quantitative estimate of drug-likeness (QED) is 0.155. The van der Waals surface area contributed by atoms with Gasteiger partial charge < -0.3 is 9.52 Å². The van der Waals surface area contributed by atoms with Crippen molar-refractivity contribution >= 4 is 16.9 Å². The standard InChI is InChI=1S/C28H40O4/c1-23-21-28(31)32-26-22-24(19-20-25(23)26)17-15-13-11-9-7-5-3-2-4-6-8-10-12-14-16-18-27(29)30/h2,4,19-22H,3,5-18H2,1H3,(H,29,30). The topological polar surface area (TPSA) is 67.5 Å². The molecule has 1 heterocycles. The van der Waals surface area contributed by atoms with Crippen LogP contribution in [0.3, 0.4) is 0 Å². The van der Waals surface area contributed by atoms with Crippen molar-refractivity contribution in [2.24, 2.45) is 0 Å². The number of aryl methyl sites for hydroxylation is 2. The van der Waals surface area contributed by atoms with E-state index in [1.54, 1.807) is 6.07 Å². The lowest BCUT2D eigenvalue weighted by Gasteiger charge is -2.05. The number of carbonyl (C=O) groups is 1. The SMILES string of the molecule is Cc1cc(=O)oc2cc(CCCCCCCCC=CCCCCCCCC(=O)O)ccc12. The Hall–Kier alpha value is -2.36. The molecule has 0 aliphatic heterocycles. The Balaban J connectivity index is 1.43. The lowest BCUT2D eigenvalue weighted by molar-refractivity contribution is -0.137. The van der Waals surface area contributed by atoms with Crippen LogP contribution >= 0.6 is 0 Å². The molecule has 0 radical (unpaired) electrons. The molecule has 1 aromatic carbocycles. The van der Waals surface area contributed by atoms with Crippen molar-refractivity contribution in [2.45, 2.75) is 103 Å². The summed E-state index contributed by atoms with van der Waals surface area (Å²) in [4.78, 5) is 22.0. The van der Waals surface area contributed by atoms with Crippen molar-refractivity contribution in [3.05, 3.63) is 58.0 Å². The molecule has 4 heteroatoms. The van der Waals surface area contributed by atoms with Gasteiger partial charge in [-0.1, -0.05) is 69.2 Å². The Bertz CT molecular complexity index is 894. The summed E-state index contributed by atoms with van der Waals surface area (Å²) in [5.41, 5.74) is 2.66. The number of hydrogen-bond donors (Lipinski definition) is 1. The van der Waals surface area contributed by atoms with E-state index in [-0.39, 0.29) is 5.63 Å². The molecule has 32 heavy (non-hydrogen) atoms. The molecule has 0 amide bonds. The van der Waals surface area contributed by atoms with Crippen LogP contribution in [0.4, 0.5) is 0 Å². The minimum Gasteiger partial charge on any atom is -0.481 e. The molecule has 176 valence electrons. The van der Waals surface area contributed by atoms with Gasteiger partial charge in [0, 0.05) is 17.9 Å². The highest BCUT2D eigenvalue weighted by Crippen LogP contribution is 2.19. The smallest absolute Gasteiger partial charge is 0.336 e. The van der Waals surface area contributed by atoms with Gasteiger partial charge in [0.05, 0.1) is 0 Å². The average molecular weight is 441 g/mol. The Morgan fingerprint density at radius 1 is 0.844 bits per heavy atom. The summed E-state index contributed by atoms with van der Waals surface area (Å²) in [6.45, 7) is 1.95. The molecule has 0 fully saturated rings. The maximum atomic E-state index is 11.6. The van der Waals surface area contributed by atoms with Crippen LogP contribution in [0.25, 0.3) is 11.0 Å². The molecule has 0 saturated carbocycles. The second kappa shape index (κ2) is 15.4. The molecule has 0 aliphatic rings. The van der Waals surface area contributed by atoms with Crippen LogP contribution in [-0.4, -0.2) is 11.1 Å². The van der Waals surface area contributed by atoms with Gasteiger partial charge in [0.25, 0.3) is 0 Å². The molecule has 0 atom stereocenters. The van der Waals surface area contributed by atoms with Crippen molar-refractivity contribution in [2.75, 3.05) is 0 Å². The zero-order valence-electron chi connectivity index (χ0n) is 19.7. The highest BCUT2D eigenvalue weighted by Gasteiger charge is 2.03. The van der Waals surface area contributed by atoms with Gasteiger partial charge in [-0.2, -0.15) is 0 Å². The number of carboxylic acids is 1. The van der Waals surface area contributed by atoms with Crippen LogP contribution in [0, 0.1) is 6.92 Å². The van der Waals surface area contributed by atoms with E-state index < -0.39 is 5.97 Å². The maximum Gasteiger partial charge on any atom is 0.336 e. The second-order valence-corrected chi connectivity index (χ2v) is 8.91. The molecule has 0 bridgehead atoms. The molecule has 1 N–H and O–H groups in total. The number of fused-ring (bicyclic) bond motifs is 1. The van der Waals surface area contributed by atoms with Crippen LogP contribution in [0.2, 0.25) is 0 Å². The van der Waals surface area contributed by atoms with E-state index in [1.807, 2.05) is 13.0 Å². The molecule has 0 aliphatic carbocycles. The lowest BCUT2D eigenvalue weighted by atomic mass is 10.0. The number of carboxylic acid groups (broad SMARTS) is 1. The van der Waals surface area contributed by atoms with Crippen molar-refractivity contribution in [3.8, 4) is 0 Å². The van der Waals surface area contributed by atoms with Gasteiger partial charge in [-0.25, -0.2) is 4.79 Å². The maximum absolute atomic E-state index is 11.6. The number of aliphatic carboxylic acids is 1. The fraction of sp³-hybridized carbons (Fsp3) is 0.571. The van der Waals surface area contributed by atoms with Crippen molar-refractivity contribution in [1.29, 1.82) is 0 Å². The van der Waals surface area contributed by atoms with Crippen LogP contribution < -0.4 is 5.63 Å². The Morgan fingerprint density at radius 3 is 2.09 bits per heavy atom. The third-order valence-electron chi connectivity index (χ3n) is 6.03. The Labute approximate surface area is 192 Å². The van der Waals surface area contributed by atoms with Crippen LogP contribution in [0.1, 0.15) is 101 Å². The molecule has 0 saturated heterocycles. The van der Waals surface area contributed by atoms with E-state index in [0.29, 0.717) is 12.0 Å². The van der Waals surface area contributed by atoms with Gasteiger partial charge in [0.2, 0.25) is 0 Å². The predicted molar refractivity (Wildman–Crippen MR) is 132 cm³/mol. The van der Waals surface area contributed by atoms with Crippen molar-refractivity contribution < 1.29 is 14.3 Å². The monoisotopic (exact) mass is 440 g/mol. The molecular weight excluding hydrogens is 400 g/mol.